The van der Waals surface area contributed by atoms with Crippen LogP contribution in [0.4, 0.5) is 10.6 Å². The van der Waals surface area contributed by atoms with Crippen LogP contribution in [0.5, 0.6) is 5.75 Å². The normalized spacial score (nSPS) is 19.9. The number of nitrogens with one attached hydrogen (secondary N) is 1. The van der Waals surface area contributed by atoms with Gasteiger partial charge in [0.25, 0.3) is 0 Å². The average molecular weight is 461 g/mol. The molecule has 178 valence electrons. The van der Waals surface area contributed by atoms with E-state index in [1.54, 1.807) is 6.20 Å². The minimum absolute atomic E-state index is 0.0184. The Balaban J connectivity index is 1.38. The quantitative estimate of drug-likeness (QED) is 0.599. The maximum atomic E-state index is 12.4. The Hall–Kier alpha value is -3.55. The standard InChI is InChI=1S/C26H32N6O2/c1-4-28-25(33)31-10-8-26(16-31)9-11-32-23(26)14-21(30-32)20-13-22(24(27)29-15-20)34-18(3)19-7-5-6-17(2)12-19/h5-7,12-15,18H,4,8-11,16H2,1-3H3,(H2,27,29)(H,28,33)/t18-,26-/m1/s1. The molecule has 4 heterocycles. The number of benzene rings is 1. The van der Waals surface area contributed by atoms with Crippen LogP contribution in [0, 0.1) is 6.92 Å². The van der Waals surface area contributed by atoms with Crippen LogP contribution in [0.1, 0.15) is 49.6 Å². The number of nitrogens with zero attached hydrogens (tertiary/aromatic N) is 4. The van der Waals surface area contributed by atoms with Crippen LogP contribution in [0.3, 0.4) is 0 Å². The summed E-state index contributed by atoms with van der Waals surface area (Å²) >= 11 is 0. The van der Waals surface area contributed by atoms with Gasteiger partial charge in [-0.05, 0) is 51.3 Å². The van der Waals surface area contributed by atoms with Crippen LogP contribution in [0.25, 0.3) is 11.3 Å². The molecular formula is C26H32N6O2. The van der Waals surface area contributed by atoms with Gasteiger partial charge in [0.05, 0.1) is 5.69 Å². The molecule has 1 fully saturated rings. The van der Waals surface area contributed by atoms with Crippen molar-refractivity contribution in [1.82, 2.24) is 25.0 Å². The largest absolute Gasteiger partial charge is 0.482 e. The monoisotopic (exact) mass is 460 g/mol. The third kappa shape index (κ3) is 3.97. The van der Waals surface area contributed by atoms with E-state index in [9.17, 15) is 4.79 Å². The molecule has 2 aromatic heterocycles. The number of carbonyl (C=O) groups excluding carboxylic acids is 1. The molecule has 8 nitrogen and oxygen atoms in total. The molecule has 3 aromatic rings. The highest BCUT2D eigenvalue weighted by atomic mass is 16.5. The number of hydrogen-bond donors (Lipinski definition) is 2. The van der Waals surface area contributed by atoms with E-state index in [-0.39, 0.29) is 17.6 Å². The molecule has 0 radical (unpaired) electrons. The second-order valence-electron chi connectivity index (χ2n) is 9.46. The Morgan fingerprint density at radius 2 is 2.09 bits per heavy atom. The Morgan fingerprint density at radius 3 is 2.88 bits per heavy atom. The summed E-state index contributed by atoms with van der Waals surface area (Å²) in [5, 5.41) is 7.79. The second kappa shape index (κ2) is 8.66. The first-order valence-corrected chi connectivity index (χ1v) is 12.0. The fourth-order valence-corrected chi connectivity index (χ4v) is 5.20. The number of fused-ring (bicyclic) bond motifs is 2. The molecule has 1 saturated heterocycles. The third-order valence-corrected chi connectivity index (χ3v) is 7.09. The molecule has 0 bridgehead atoms. The van der Waals surface area contributed by atoms with Gasteiger partial charge >= 0.3 is 6.03 Å². The summed E-state index contributed by atoms with van der Waals surface area (Å²) in [4.78, 5) is 18.7. The molecule has 2 atom stereocenters. The van der Waals surface area contributed by atoms with Crippen molar-refractivity contribution in [2.45, 2.75) is 51.7 Å². The van der Waals surface area contributed by atoms with Crippen molar-refractivity contribution in [3.63, 3.8) is 0 Å². The van der Waals surface area contributed by atoms with Crippen LogP contribution in [-0.4, -0.2) is 45.3 Å². The summed E-state index contributed by atoms with van der Waals surface area (Å²) in [6, 6.07) is 12.4. The number of hydrogen-bond acceptors (Lipinski definition) is 5. The first-order chi connectivity index (χ1) is 16.4. The first-order valence-electron chi connectivity index (χ1n) is 12.0. The highest BCUT2D eigenvalue weighted by molar-refractivity contribution is 5.75. The molecule has 0 saturated carbocycles. The SMILES string of the molecule is CCNC(=O)N1CC[C@@]2(CCn3nc(-c4cnc(N)c(O[C@H](C)c5cccc(C)c5)c4)cc32)C1. The zero-order chi connectivity index (χ0) is 23.9. The van der Waals surface area contributed by atoms with Crippen molar-refractivity contribution in [2.75, 3.05) is 25.4 Å². The third-order valence-electron chi connectivity index (χ3n) is 7.09. The van der Waals surface area contributed by atoms with Gasteiger partial charge in [0.15, 0.2) is 11.6 Å². The summed E-state index contributed by atoms with van der Waals surface area (Å²) in [6.07, 6.45) is 3.55. The van der Waals surface area contributed by atoms with Crippen molar-refractivity contribution in [3.05, 3.63) is 59.4 Å². The zero-order valence-electron chi connectivity index (χ0n) is 20.0. The van der Waals surface area contributed by atoms with Crippen LogP contribution in [0.15, 0.2) is 42.6 Å². The van der Waals surface area contributed by atoms with E-state index in [0.29, 0.717) is 18.1 Å². The predicted molar refractivity (Wildman–Crippen MR) is 132 cm³/mol. The lowest BCUT2D eigenvalue weighted by molar-refractivity contribution is 0.206. The molecule has 2 aliphatic heterocycles. The molecule has 3 N–H and O–H groups in total. The van der Waals surface area contributed by atoms with Gasteiger partial charge in [-0.1, -0.05) is 29.8 Å². The van der Waals surface area contributed by atoms with Crippen molar-refractivity contribution < 1.29 is 9.53 Å². The zero-order valence-corrected chi connectivity index (χ0v) is 20.0. The minimum atomic E-state index is -0.159. The summed E-state index contributed by atoms with van der Waals surface area (Å²) in [5.74, 6) is 0.914. The lowest BCUT2D eigenvalue weighted by atomic mass is 9.82. The van der Waals surface area contributed by atoms with E-state index in [2.05, 4.69) is 46.2 Å². The highest BCUT2D eigenvalue weighted by Crippen LogP contribution is 2.44. The highest BCUT2D eigenvalue weighted by Gasteiger charge is 2.46. The number of nitrogens with two attached hydrogens (primary N) is 1. The van der Waals surface area contributed by atoms with Gasteiger partial charge in [-0.25, -0.2) is 9.78 Å². The molecule has 2 amide bonds. The van der Waals surface area contributed by atoms with Gasteiger partial charge in [-0.3, -0.25) is 4.68 Å². The smallest absolute Gasteiger partial charge is 0.317 e. The number of urea groups is 1. The van der Waals surface area contributed by atoms with Gasteiger partial charge in [0.2, 0.25) is 0 Å². The van der Waals surface area contributed by atoms with E-state index in [1.165, 1.54) is 11.3 Å². The Bertz CT molecular complexity index is 1220. The molecule has 34 heavy (non-hydrogen) atoms. The molecule has 8 heteroatoms. The van der Waals surface area contributed by atoms with E-state index < -0.39 is 0 Å². The van der Waals surface area contributed by atoms with Gasteiger partial charge in [0.1, 0.15) is 6.10 Å². The summed E-state index contributed by atoms with van der Waals surface area (Å²) in [6.45, 7) is 9.02. The second-order valence-corrected chi connectivity index (χ2v) is 9.46. The van der Waals surface area contributed by atoms with Crippen molar-refractivity contribution in [2.24, 2.45) is 0 Å². The Morgan fingerprint density at radius 1 is 1.26 bits per heavy atom. The number of nitrogen functional groups attached to an aromatic ring is 1. The Labute approximate surface area is 200 Å². The number of rotatable bonds is 5. The molecular weight excluding hydrogens is 428 g/mol. The molecule has 2 aliphatic rings. The maximum absolute atomic E-state index is 12.4. The first kappa shape index (κ1) is 22.3. The molecule has 1 spiro atoms. The van der Waals surface area contributed by atoms with E-state index in [4.69, 9.17) is 15.6 Å². The van der Waals surface area contributed by atoms with Crippen LogP contribution in [0.2, 0.25) is 0 Å². The maximum Gasteiger partial charge on any atom is 0.317 e. The summed E-state index contributed by atoms with van der Waals surface area (Å²) in [5.41, 5.74) is 11.3. The predicted octanol–water partition coefficient (Wildman–Crippen LogP) is 4.05. The van der Waals surface area contributed by atoms with Crippen LogP contribution in [-0.2, 0) is 12.0 Å². The van der Waals surface area contributed by atoms with Crippen molar-refractivity contribution in [1.29, 1.82) is 0 Å². The lowest BCUT2D eigenvalue weighted by Gasteiger charge is -2.23. The fourth-order valence-electron chi connectivity index (χ4n) is 5.20. The van der Waals surface area contributed by atoms with Gasteiger partial charge in [0, 0.05) is 49.0 Å². The summed E-state index contributed by atoms with van der Waals surface area (Å²) < 4.78 is 8.30. The number of likely N-dealkylation sites (tertiary alicyclic amines) is 1. The number of carbonyl (C=O) groups is 1. The average Bonchev–Trinajstić information content (AvgIpc) is 3.52. The van der Waals surface area contributed by atoms with Crippen molar-refractivity contribution >= 4 is 11.8 Å². The fraction of sp³-hybridized carbons (Fsp3) is 0.423. The molecule has 1 aromatic carbocycles. The van der Waals surface area contributed by atoms with Gasteiger partial charge in [-0.2, -0.15) is 5.10 Å². The van der Waals surface area contributed by atoms with E-state index >= 15 is 0 Å². The number of ether oxygens (including phenoxy) is 1. The minimum Gasteiger partial charge on any atom is -0.482 e. The van der Waals surface area contributed by atoms with E-state index in [1.807, 2.05) is 30.9 Å². The number of anilines is 1. The number of aryl methyl sites for hydroxylation is 2. The molecule has 0 unspecified atom stereocenters. The molecule has 5 rings (SSSR count). The Kier molecular flexibility index (Phi) is 5.67. The lowest BCUT2D eigenvalue weighted by Crippen LogP contribution is -2.40. The molecule has 0 aliphatic carbocycles. The van der Waals surface area contributed by atoms with Gasteiger partial charge < -0.3 is 20.7 Å². The number of aromatic nitrogens is 3. The summed E-state index contributed by atoms with van der Waals surface area (Å²) in [7, 11) is 0. The van der Waals surface area contributed by atoms with Crippen molar-refractivity contribution in [3.8, 4) is 17.0 Å². The van der Waals surface area contributed by atoms with E-state index in [0.717, 1.165) is 49.3 Å². The topological polar surface area (TPSA) is 98.3 Å². The van der Waals surface area contributed by atoms with Crippen LogP contribution < -0.4 is 15.8 Å². The van der Waals surface area contributed by atoms with Gasteiger partial charge in [-0.15, -0.1) is 0 Å². The van der Waals surface area contributed by atoms with Crippen LogP contribution >= 0.6 is 0 Å². The number of amides is 2. The number of pyridine rings is 1.